The summed E-state index contributed by atoms with van der Waals surface area (Å²) in [5.41, 5.74) is 1.55. The van der Waals surface area contributed by atoms with Gasteiger partial charge in [-0.2, -0.15) is 5.10 Å². The molecule has 1 aliphatic heterocycles. The van der Waals surface area contributed by atoms with Gasteiger partial charge in [-0.3, -0.25) is 4.79 Å². The first-order chi connectivity index (χ1) is 11.2. The highest BCUT2D eigenvalue weighted by molar-refractivity contribution is 6.30. The molecule has 2 aromatic rings. The maximum atomic E-state index is 12.3. The van der Waals surface area contributed by atoms with Gasteiger partial charge in [0.05, 0.1) is 31.4 Å². The summed E-state index contributed by atoms with van der Waals surface area (Å²) in [7, 11) is 0. The van der Waals surface area contributed by atoms with Crippen LogP contribution in [0.3, 0.4) is 0 Å². The highest BCUT2D eigenvalue weighted by Gasteiger charge is 2.24. The van der Waals surface area contributed by atoms with E-state index in [-0.39, 0.29) is 18.4 Å². The Morgan fingerprint density at radius 3 is 3.04 bits per heavy atom. The van der Waals surface area contributed by atoms with Crippen LogP contribution in [0.2, 0.25) is 5.02 Å². The maximum absolute atomic E-state index is 12.3. The molecule has 0 aliphatic carbocycles. The topological polar surface area (TPSA) is 76.4 Å². The lowest BCUT2D eigenvalue weighted by atomic mass is 10.1. The molecule has 1 fully saturated rings. The minimum Gasteiger partial charge on any atom is -0.394 e. The van der Waals surface area contributed by atoms with Crippen LogP contribution in [-0.2, 0) is 16.1 Å². The van der Waals surface area contributed by atoms with Gasteiger partial charge in [0.25, 0.3) is 0 Å². The van der Waals surface area contributed by atoms with Crippen LogP contribution >= 0.6 is 11.6 Å². The molecule has 23 heavy (non-hydrogen) atoms. The summed E-state index contributed by atoms with van der Waals surface area (Å²) in [5.74, 6) is 0.340. The number of hydrogen-bond donors (Lipinski definition) is 2. The predicted molar refractivity (Wildman–Crippen MR) is 87.3 cm³/mol. The highest BCUT2D eigenvalue weighted by atomic mass is 35.5. The number of aliphatic hydroxyl groups is 1. The van der Waals surface area contributed by atoms with Gasteiger partial charge in [0.2, 0.25) is 5.91 Å². The van der Waals surface area contributed by atoms with Crippen molar-refractivity contribution >= 4 is 23.3 Å². The van der Waals surface area contributed by atoms with Crippen LogP contribution in [-0.4, -0.2) is 40.6 Å². The van der Waals surface area contributed by atoms with Crippen LogP contribution in [0.1, 0.15) is 6.42 Å². The Labute approximate surface area is 139 Å². The summed E-state index contributed by atoms with van der Waals surface area (Å²) < 4.78 is 6.83. The number of carbonyl (C=O) groups is 1. The lowest BCUT2D eigenvalue weighted by Gasteiger charge is -2.10. The van der Waals surface area contributed by atoms with Gasteiger partial charge >= 0.3 is 0 Å². The van der Waals surface area contributed by atoms with Gasteiger partial charge in [-0.05, 0) is 18.6 Å². The summed E-state index contributed by atoms with van der Waals surface area (Å²) >= 11 is 6.01. The third kappa shape index (κ3) is 3.72. The van der Waals surface area contributed by atoms with Gasteiger partial charge in [-0.15, -0.1) is 0 Å². The number of nitrogens with one attached hydrogen (secondary N) is 1. The lowest BCUT2D eigenvalue weighted by Crippen LogP contribution is -2.24. The second kappa shape index (κ2) is 7.12. The van der Waals surface area contributed by atoms with E-state index in [2.05, 4.69) is 10.4 Å². The molecular weight excluding hydrogens is 318 g/mol. The number of hydrogen-bond acceptors (Lipinski definition) is 4. The number of halogens is 1. The smallest absolute Gasteiger partial charge is 0.231 e. The van der Waals surface area contributed by atoms with E-state index >= 15 is 0 Å². The Balaban J connectivity index is 1.85. The van der Waals surface area contributed by atoms with Crippen LogP contribution in [0.4, 0.5) is 5.82 Å². The third-order valence-electron chi connectivity index (χ3n) is 3.76. The van der Waals surface area contributed by atoms with Gasteiger partial charge in [0.15, 0.2) is 0 Å². The van der Waals surface area contributed by atoms with Crippen molar-refractivity contribution in [2.45, 2.75) is 13.0 Å². The van der Waals surface area contributed by atoms with E-state index in [0.717, 1.165) is 12.0 Å². The van der Waals surface area contributed by atoms with Gasteiger partial charge < -0.3 is 15.2 Å². The SMILES string of the molecule is O=C(Nc1cc(-c2cccc(Cl)c2)nn1CCO)C1CCOC1. The maximum Gasteiger partial charge on any atom is 0.231 e. The Hall–Kier alpha value is -1.89. The monoisotopic (exact) mass is 335 g/mol. The molecule has 1 amide bonds. The minimum absolute atomic E-state index is 0.0634. The number of nitrogens with zero attached hydrogens (tertiary/aromatic N) is 2. The van der Waals surface area contributed by atoms with E-state index in [4.69, 9.17) is 16.3 Å². The number of amides is 1. The molecule has 1 aromatic carbocycles. The molecule has 1 saturated heterocycles. The standard InChI is InChI=1S/C16H18ClN3O3/c17-13-3-1-2-11(8-13)14-9-15(20(19-14)5-6-21)18-16(22)12-4-7-23-10-12/h1-3,8-9,12,21H,4-7,10H2,(H,18,22). The Morgan fingerprint density at radius 1 is 1.48 bits per heavy atom. The third-order valence-corrected chi connectivity index (χ3v) is 4.00. The zero-order valence-electron chi connectivity index (χ0n) is 12.5. The largest absolute Gasteiger partial charge is 0.394 e. The summed E-state index contributed by atoms with van der Waals surface area (Å²) in [6.07, 6.45) is 0.723. The van der Waals surface area contributed by atoms with Crippen molar-refractivity contribution in [1.82, 2.24) is 9.78 Å². The zero-order valence-corrected chi connectivity index (χ0v) is 13.3. The van der Waals surface area contributed by atoms with Crippen molar-refractivity contribution in [2.24, 2.45) is 5.92 Å². The quantitative estimate of drug-likeness (QED) is 0.878. The second-order valence-electron chi connectivity index (χ2n) is 5.42. The number of rotatable bonds is 5. The summed E-state index contributed by atoms with van der Waals surface area (Å²) in [5, 5.41) is 17.1. The molecule has 122 valence electrons. The molecule has 0 bridgehead atoms. The number of benzene rings is 1. The van der Waals surface area contributed by atoms with Gasteiger partial charge in [-0.25, -0.2) is 4.68 Å². The number of ether oxygens (including phenoxy) is 1. The van der Waals surface area contributed by atoms with Crippen molar-refractivity contribution in [3.8, 4) is 11.3 Å². The van der Waals surface area contributed by atoms with Crippen LogP contribution < -0.4 is 5.32 Å². The fourth-order valence-corrected chi connectivity index (χ4v) is 2.73. The lowest BCUT2D eigenvalue weighted by molar-refractivity contribution is -0.119. The van der Waals surface area contributed by atoms with Crippen molar-refractivity contribution in [2.75, 3.05) is 25.1 Å². The van der Waals surface area contributed by atoms with Crippen molar-refractivity contribution in [1.29, 1.82) is 0 Å². The summed E-state index contributed by atoms with van der Waals surface area (Å²) in [6, 6.07) is 9.13. The Morgan fingerprint density at radius 2 is 2.35 bits per heavy atom. The molecule has 6 nitrogen and oxygen atoms in total. The van der Waals surface area contributed by atoms with E-state index in [1.54, 1.807) is 16.8 Å². The van der Waals surface area contributed by atoms with Gasteiger partial charge in [0.1, 0.15) is 5.82 Å². The zero-order chi connectivity index (χ0) is 16.2. The molecule has 1 atom stereocenters. The predicted octanol–water partition coefficient (Wildman–Crippen LogP) is 2.17. The van der Waals surface area contributed by atoms with Crippen LogP contribution in [0.15, 0.2) is 30.3 Å². The summed E-state index contributed by atoms with van der Waals surface area (Å²) in [6.45, 7) is 1.30. The molecule has 2 N–H and O–H groups in total. The van der Waals surface area contributed by atoms with E-state index in [1.165, 1.54) is 0 Å². The molecule has 7 heteroatoms. The molecule has 1 unspecified atom stereocenters. The Kier molecular flexibility index (Phi) is 4.95. The highest BCUT2D eigenvalue weighted by Crippen LogP contribution is 2.25. The van der Waals surface area contributed by atoms with Crippen molar-refractivity contribution < 1.29 is 14.6 Å². The fourth-order valence-electron chi connectivity index (χ4n) is 2.54. The second-order valence-corrected chi connectivity index (χ2v) is 5.86. The van der Waals surface area contributed by atoms with Crippen molar-refractivity contribution in [3.63, 3.8) is 0 Å². The average Bonchev–Trinajstić information content (AvgIpc) is 3.18. The molecule has 1 aromatic heterocycles. The first-order valence-corrected chi connectivity index (χ1v) is 7.88. The Bertz CT molecular complexity index is 696. The van der Waals surface area contributed by atoms with Crippen LogP contribution in [0, 0.1) is 5.92 Å². The van der Waals surface area contributed by atoms with Gasteiger partial charge in [0, 0.05) is 23.3 Å². The minimum atomic E-state index is -0.137. The fraction of sp³-hybridized carbons (Fsp3) is 0.375. The molecule has 1 aliphatic rings. The van der Waals surface area contributed by atoms with E-state index in [1.807, 2.05) is 18.2 Å². The average molecular weight is 336 g/mol. The van der Waals surface area contributed by atoms with Crippen LogP contribution in [0.5, 0.6) is 0 Å². The first-order valence-electron chi connectivity index (χ1n) is 7.50. The number of carbonyl (C=O) groups excluding carboxylic acids is 1. The van der Waals surface area contributed by atoms with Crippen LogP contribution in [0.25, 0.3) is 11.3 Å². The molecule has 0 spiro atoms. The number of aromatic nitrogens is 2. The van der Waals surface area contributed by atoms with Crippen molar-refractivity contribution in [3.05, 3.63) is 35.4 Å². The number of anilines is 1. The van der Waals surface area contributed by atoms with E-state index in [9.17, 15) is 9.90 Å². The normalized spacial score (nSPS) is 17.4. The van der Waals surface area contributed by atoms with E-state index in [0.29, 0.717) is 36.3 Å². The molecular formula is C16H18ClN3O3. The van der Waals surface area contributed by atoms with Gasteiger partial charge in [-0.1, -0.05) is 23.7 Å². The first kappa shape index (κ1) is 16.0. The molecule has 0 saturated carbocycles. The molecule has 0 radical (unpaired) electrons. The van der Waals surface area contributed by atoms with E-state index < -0.39 is 0 Å². The summed E-state index contributed by atoms with van der Waals surface area (Å²) in [4.78, 5) is 12.3. The molecule has 2 heterocycles. The molecule has 3 rings (SSSR count). The number of aliphatic hydroxyl groups excluding tert-OH is 1.